The van der Waals surface area contributed by atoms with Gasteiger partial charge in [0.25, 0.3) is 0 Å². The number of nitrogens with zero attached hydrogens (tertiary/aromatic N) is 1. The van der Waals surface area contributed by atoms with Gasteiger partial charge in [0.2, 0.25) is 0 Å². The van der Waals surface area contributed by atoms with E-state index in [0.29, 0.717) is 43.7 Å². The first kappa shape index (κ1) is 20.2. The van der Waals surface area contributed by atoms with E-state index in [1.807, 2.05) is 0 Å². The summed E-state index contributed by atoms with van der Waals surface area (Å²) >= 11 is 0. The second-order valence-electron chi connectivity index (χ2n) is 9.25. The number of nitrogens with one attached hydrogen (secondary N) is 1. The van der Waals surface area contributed by atoms with Crippen LogP contribution >= 0.6 is 0 Å². The molecule has 3 atom stereocenters. The van der Waals surface area contributed by atoms with Crippen molar-refractivity contribution in [3.63, 3.8) is 0 Å². The molecule has 1 heterocycles. The van der Waals surface area contributed by atoms with Crippen LogP contribution in [0, 0.1) is 22.7 Å². The summed E-state index contributed by atoms with van der Waals surface area (Å²) in [4.78, 5) is 18.0. The fraction of sp³-hybridized carbons (Fsp3) is 0.696. The van der Waals surface area contributed by atoms with Crippen molar-refractivity contribution in [1.29, 1.82) is 5.41 Å². The predicted octanol–water partition coefficient (Wildman–Crippen LogP) is 5.65. The molecule has 3 aliphatic rings. The number of Topliss-reactive ketones (excluding diaryl/α,β-unsaturated/α-hetero) is 1. The summed E-state index contributed by atoms with van der Waals surface area (Å²) in [5, 5.41) is 8.41. The third kappa shape index (κ3) is 3.60. The van der Waals surface area contributed by atoms with E-state index >= 15 is 0 Å². The first-order valence-electron chi connectivity index (χ1n) is 10.3. The minimum atomic E-state index is -1.19. The highest BCUT2D eigenvalue weighted by atomic mass is 19.1. The number of halogens is 1. The molecule has 3 unspecified atom stereocenters. The van der Waals surface area contributed by atoms with Crippen molar-refractivity contribution in [1.82, 2.24) is 0 Å². The fourth-order valence-electron chi connectivity index (χ4n) is 4.94. The van der Waals surface area contributed by atoms with Gasteiger partial charge in [0.15, 0.2) is 0 Å². The van der Waals surface area contributed by atoms with Gasteiger partial charge < -0.3 is 5.41 Å². The zero-order valence-electron chi connectivity index (χ0n) is 17.0. The van der Waals surface area contributed by atoms with E-state index in [0.717, 1.165) is 36.1 Å². The second kappa shape index (κ2) is 7.10. The van der Waals surface area contributed by atoms with E-state index < -0.39 is 11.1 Å². The van der Waals surface area contributed by atoms with E-state index in [-0.39, 0.29) is 17.7 Å². The highest BCUT2D eigenvalue weighted by Gasteiger charge is 2.52. The summed E-state index contributed by atoms with van der Waals surface area (Å²) in [6.45, 7) is 14.2. The Kier molecular flexibility index (Phi) is 5.31. The lowest BCUT2D eigenvalue weighted by atomic mass is 9.58. The number of ketones is 1. The first-order chi connectivity index (χ1) is 12.6. The van der Waals surface area contributed by atoms with E-state index in [9.17, 15) is 9.18 Å². The summed E-state index contributed by atoms with van der Waals surface area (Å²) in [6.07, 6.45) is 4.63. The topological polar surface area (TPSA) is 53.3 Å². The molecule has 1 N–H and O–H groups in total. The predicted molar refractivity (Wildman–Crippen MR) is 109 cm³/mol. The molecule has 2 aliphatic carbocycles. The molecule has 4 heteroatoms. The lowest BCUT2D eigenvalue weighted by molar-refractivity contribution is -0.133. The van der Waals surface area contributed by atoms with E-state index in [1.54, 1.807) is 6.92 Å². The number of alkyl halides is 1. The van der Waals surface area contributed by atoms with Crippen LogP contribution < -0.4 is 0 Å². The number of allylic oxidation sites excluding steroid dienone is 1. The Morgan fingerprint density at radius 1 is 1.30 bits per heavy atom. The van der Waals surface area contributed by atoms with Crippen molar-refractivity contribution < 1.29 is 9.18 Å². The number of aliphatic imine (C=N–C) groups is 1. The Balaban J connectivity index is 1.65. The molecule has 0 amide bonds. The number of carbonyl (C=O) groups is 1. The molecule has 0 radical (unpaired) electrons. The van der Waals surface area contributed by atoms with E-state index in [1.165, 1.54) is 0 Å². The average molecular weight is 373 g/mol. The Morgan fingerprint density at radius 3 is 2.48 bits per heavy atom. The zero-order valence-corrected chi connectivity index (χ0v) is 17.0. The van der Waals surface area contributed by atoms with Crippen LogP contribution in [-0.4, -0.2) is 28.9 Å². The SMILES string of the molecule is C=C(CCC1CCC(=N)C2(CCC(C)(F)CC2)C1=O)C1=NC(C)C(C)C1=C. The van der Waals surface area contributed by atoms with E-state index in [4.69, 9.17) is 10.4 Å². The highest BCUT2D eigenvalue weighted by Crippen LogP contribution is 2.49. The van der Waals surface area contributed by atoms with Gasteiger partial charge in [-0.05, 0) is 76.4 Å². The van der Waals surface area contributed by atoms with Crippen molar-refractivity contribution in [2.75, 3.05) is 0 Å². The first-order valence-corrected chi connectivity index (χ1v) is 10.3. The lowest BCUT2D eigenvalue weighted by Gasteiger charge is -2.45. The molecule has 2 saturated carbocycles. The molecule has 2 fully saturated rings. The van der Waals surface area contributed by atoms with Gasteiger partial charge in [0, 0.05) is 17.5 Å². The Labute approximate surface area is 162 Å². The Morgan fingerprint density at radius 2 is 1.93 bits per heavy atom. The standard InChI is InChI=1S/C23H33FN2O/c1-14(20-16(3)15(2)17(4)26-20)6-7-18-8-9-19(25)23(21(18)27)12-10-22(5,24)11-13-23/h15,17-18,25H,1,3,6-13H2,2,4-5H3. The maximum absolute atomic E-state index is 14.3. The lowest BCUT2D eigenvalue weighted by Crippen LogP contribution is -2.50. The molecule has 0 bridgehead atoms. The van der Waals surface area contributed by atoms with Crippen LogP contribution in [0.5, 0.6) is 0 Å². The minimum absolute atomic E-state index is 0.0510. The number of carbonyl (C=O) groups excluding carboxylic acids is 1. The summed E-state index contributed by atoms with van der Waals surface area (Å²) < 4.78 is 14.3. The fourth-order valence-corrected chi connectivity index (χ4v) is 4.94. The molecule has 0 aromatic carbocycles. The van der Waals surface area contributed by atoms with Crippen LogP contribution in [0.25, 0.3) is 0 Å². The highest BCUT2D eigenvalue weighted by molar-refractivity contribution is 6.13. The number of hydrogen-bond acceptors (Lipinski definition) is 3. The molecule has 0 aromatic heterocycles. The minimum Gasteiger partial charge on any atom is -0.309 e. The quantitative estimate of drug-likeness (QED) is 0.681. The zero-order chi connectivity index (χ0) is 20.0. The largest absolute Gasteiger partial charge is 0.309 e. The van der Waals surface area contributed by atoms with Gasteiger partial charge in [-0.3, -0.25) is 9.79 Å². The van der Waals surface area contributed by atoms with Gasteiger partial charge in [0.1, 0.15) is 11.5 Å². The molecule has 148 valence electrons. The normalized spacial score (nSPS) is 39.8. The molecule has 0 aromatic rings. The van der Waals surface area contributed by atoms with Crippen LogP contribution in [0.15, 0.2) is 29.3 Å². The van der Waals surface area contributed by atoms with Crippen molar-refractivity contribution in [2.24, 2.45) is 22.2 Å². The van der Waals surface area contributed by atoms with Gasteiger partial charge in [-0.15, -0.1) is 0 Å². The van der Waals surface area contributed by atoms with Crippen LogP contribution in [0.1, 0.15) is 72.1 Å². The smallest absolute Gasteiger partial charge is 0.147 e. The molecule has 3 rings (SSSR count). The van der Waals surface area contributed by atoms with Crippen LogP contribution in [-0.2, 0) is 4.79 Å². The summed E-state index contributed by atoms with van der Waals surface area (Å²) in [7, 11) is 0. The molecule has 1 spiro atoms. The summed E-state index contributed by atoms with van der Waals surface area (Å²) in [6, 6.07) is 0.238. The molecular formula is C23H33FN2O. The average Bonchev–Trinajstić information content (AvgIpc) is 2.88. The second-order valence-corrected chi connectivity index (χ2v) is 9.25. The van der Waals surface area contributed by atoms with Crippen LogP contribution in [0.4, 0.5) is 4.39 Å². The van der Waals surface area contributed by atoms with Gasteiger partial charge in [-0.25, -0.2) is 4.39 Å². The monoisotopic (exact) mass is 372 g/mol. The maximum Gasteiger partial charge on any atom is 0.147 e. The van der Waals surface area contributed by atoms with Crippen molar-refractivity contribution in [2.45, 2.75) is 83.8 Å². The van der Waals surface area contributed by atoms with Gasteiger partial charge in [-0.1, -0.05) is 20.1 Å². The van der Waals surface area contributed by atoms with Gasteiger partial charge in [-0.2, -0.15) is 0 Å². The number of rotatable bonds is 4. The molecule has 1 aliphatic heterocycles. The molecule has 27 heavy (non-hydrogen) atoms. The van der Waals surface area contributed by atoms with Gasteiger partial charge >= 0.3 is 0 Å². The maximum atomic E-state index is 14.3. The van der Waals surface area contributed by atoms with Crippen LogP contribution in [0.2, 0.25) is 0 Å². The van der Waals surface area contributed by atoms with Crippen molar-refractivity contribution in [3.05, 3.63) is 24.3 Å². The summed E-state index contributed by atoms with van der Waals surface area (Å²) in [5.41, 5.74) is 1.60. The molecule has 3 nitrogen and oxygen atoms in total. The number of hydrogen-bond donors (Lipinski definition) is 1. The van der Waals surface area contributed by atoms with Gasteiger partial charge in [0.05, 0.1) is 17.2 Å². The summed E-state index contributed by atoms with van der Waals surface area (Å²) in [5.74, 6) is 0.468. The van der Waals surface area contributed by atoms with Crippen molar-refractivity contribution >= 4 is 17.2 Å². The third-order valence-corrected chi connectivity index (χ3v) is 7.35. The molecular weight excluding hydrogens is 339 g/mol. The van der Waals surface area contributed by atoms with Crippen LogP contribution in [0.3, 0.4) is 0 Å². The molecule has 0 saturated heterocycles. The Bertz CT molecular complexity index is 708. The van der Waals surface area contributed by atoms with Crippen molar-refractivity contribution in [3.8, 4) is 0 Å². The Hall–Kier alpha value is -1.58. The third-order valence-electron chi connectivity index (χ3n) is 7.35. The van der Waals surface area contributed by atoms with E-state index in [2.05, 4.69) is 27.0 Å².